The summed E-state index contributed by atoms with van der Waals surface area (Å²) in [5.74, 6) is 1.18. The van der Waals surface area contributed by atoms with Crippen molar-refractivity contribution < 1.29 is 9.53 Å². The van der Waals surface area contributed by atoms with E-state index in [1.54, 1.807) is 42.7 Å². The Bertz CT molecular complexity index is 1660. The second-order valence-corrected chi connectivity index (χ2v) is 8.76. The molecule has 3 N–H and O–H groups in total. The first-order valence-corrected chi connectivity index (χ1v) is 12.0. The Balaban J connectivity index is 1.31. The van der Waals surface area contributed by atoms with Crippen LogP contribution in [-0.4, -0.2) is 27.7 Å². The number of pyridine rings is 2. The Kier molecular flexibility index (Phi) is 7.06. The molecule has 0 saturated heterocycles. The first-order chi connectivity index (χ1) is 18.5. The smallest absolute Gasteiger partial charge is 0.323 e. The van der Waals surface area contributed by atoms with Gasteiger partial charge in [0.05, 0.1) is 35.9 Å². The van der Waals surface area contributed by atoms with Crippen LogP contribution in [-0.2, 0) is 6.54 Å². The van der Waals surface area contributed by atoms with Crippen LogP contribution in [0.1, 0.15) is 11.3 Å². The van der Waals surface area contributed by atoms with Crippen LogP contribution < -0.4 is 20.7 Å². The summed E-state index contributed by atoms with van der Waals surface area (Å²) in [5, 5.41) is 19.2. The zero-order valence-corrected chi connectivity index (χ0v) is 21.0. The number of nitriles is 1. The number of methoxy groups -OCH3 is 1. The molecule has 3 heterocycles. The molecule has 0 aliphatic heterocycles. The van der Waals surface area contributed by atoms with Crippen LogP contribution in [0.15, 0.2) is 85.3 Å². The summed E-state index contributed by atoms with van der Waals surface area (Å²) < 4.78 is 7.40. The van der Waals surface area contributed by atoms with Crippen LogP contribution in [0.5, 0.6) is 5.75 Å². The largest absolute Gasteiger partial charge is 0.495 e. The van der Waals surface area contributed by atoms with Gasteiger partial charge in [0.2, 0.25) is 0 Å². The lowest BCUT2D eigenvalue weighted by atomic mass is 10.2. The molecule has 0 bridgehead atoms. The topological polar surface area (TPSA) is 117 Å². The number of nitrogens with zero attached hydrogens (tertiary/aromatic N) is 4. The van der Waals surface area contributed by atoms with Gasteiger partial charge in [-0.1, -0.05) is 17.7 Å². The molecule has 0 saturated carbocycles. The number of hydrogen-bond donors (Lipinski definition) is 3. The van der Waals surface area contributed by atoms with E-state index in [4.69, 9.17) is 21.6 Å². The number of amides is 2. The third-order valence-corrected chi connectivity index (χ3v) is 6.03. The van der Waals surface area contributed by atoms with Gasteiger partial charge < -0.3 is 25.3 Å². The van der Waals surface area contributed by atoms with Gasteiger partial charge in [-0.05, 0) is 66.2 Å². The molecule has 0 radical (unpaired) electrons. The van der Waals surface area contributed by atoms with E-state index in [9.17, 15) is 4.79 Å². The van der Waals surface area contributed by atoms with Crippen LogP contribution >= 0.6 is 11.6 Å². The molecular formula is C28H22ClN7O2. The second-order valence-electron chi connectivity index (χ2n) is 8.32. The number of aromatic nitrogens is 3. The second kappa shape index (κ2) is 10.9. The van der Waals surface area contributed by atoms with Gasteiger partial charge in [-0.25, -0.2) is 14.8 Å². The molecule has 188 valence electrons. The first kappa shape index (κ1) is 24.6. The normalized spacial score (nSPS) is 10.6. The minimum absolute atomic E-state index is 0.354. The minimum Gasteiger partial charge on any atom is -0.495 e. The molecular weight excluding hydrogens is 502 g/mol. The quantitative estimate of drug-likeness (QED) is 0.227. The number of fused-ring (bicyclic) bond motifs is 1. The summed E-state index contributed by atoms with van der Waals surface area (Å²) in [6, 6.07) is 21.7. The van der Waals surface area contributed by atoms with Crippen LogP contribution in [0.3, 0.4) is 0 Å². The fourth-order valence-electron chi connectivity index (χ4n) is 4.04. The van der Waals surface area contributed by atoms with Crippen LogP contribution in [0.2, 0.25) is 5.02 Å². The van der Waals surface area contributed by atoms with Crippen LogP contribution in [0.4, 0.5) is 27.7 Å². The van der Waals surface area contributed by atoms with Gasteiger partial charge in [-0.2, -0.15) is 5.26 Å². The van der Waals surface area contributed by atoms with Crippen molar-refractivity contribution in [2.45, 2.75) is 6.54 Å². The highest BCUT2D eigenvalue weighted by molar-refractivity contribution is 6.31. The van der Waals surface area contributed by atoms with E-state index in [2.05, 4.69) is 30.5 Å². The molecule has 5 rings (SSSR count). The van der Waals surface area contributed by atoms with Crippen LogP contribution in [0.25, 0.3) is 10.9 Å². The number of carbonyl (C=O) groups excluding carboxylic acids is 1. The highest BCUT2D eigenvalue weighted by Crippen LogP contribution is 2.29. The van der Waals surface area contributed by atoms with E-state index in [-0.39, 0.29) is 0 Å². The maximum atomic E-state index is 12.8. The zero-order valence-electron chi connectivity index (χ0n) is 20.3. The Morgan fingerprint density at radius 1 is 1.05 bits per heavy atom. The van der Waals surface area contributed by atoms with Gasteiger partial charge >= 0.3 is 6.03 Å². The highest BCUT2D eigenvalue weighted by atomic mass is 35.5. The lowest BCUT2D eigenvalue weighted by Gasteiger charge is -2.13. The minimum atomic E-state index is -0.409. The number of urea groups is 1. The molecule has 0 atom stereocenters. The summed E-state index contributed by atoms with van der Waals surface area (Å²) >= 11 is 6.07. The number of ether oxygens (including phenoxy) is 1. The number of carbonyl (C=O) groups is 1. The fourth-order valence-corrected chi connectivity index (χ4v) is 4.22. The monoisotopic (exact) mass is 523 g/mol. The van der Waals surface area contributed by atoms with E-state index in [0.29, 0.717) is 40.2 Å². The van der Waals surface area contributed by atoms with Crippen molar-refractivity contribution in [1.29, 1.82) is 5.26 Å². The molecule has 0 fully saturated rings. The molecule has 0 aliphatic carbocycles. The zero-order chi connectivity index (χ0) is 26.5. The van der Waals surface area contributed by atoms with E-state index in [1.165, 1.54) is 7.11 Å². The lowest BCUT2D eigenvalue weighted by Crippen LogP contribution is -2.20. The number of nitrogens with one attached hydrogen (secondary N) is 3. The highest BCUT2D eigenvalue weighted by Gasteiger charge is 2.12. The van der Waals surface area contributed by atoms with Crippen molar-refractivity contribution in [3.8, 4) is 11.8 Å². The number of anilines is 4. The standard InChI is InChI=1S/C28H22ClN7O2/c1-38-26-8-5-19(29)14-24(26)35-28(37)34-23-3-2-4-25-22(23)10-12-36(25)17-18-9-11-31-27(13-18)33-21-7-6-20(15-30)32-16-21/h2-14,16H,17H2,1H3,(H,31,33)(H2,34,35,37). The third-order valence-electron chi connectivity index (χ3n) is 5.80. The molecule has 2 amide bonds. The number of benzene rings is 2. The molecule has 0 unspecified atom stereocenters. The average molecular weight is 524 g/mol. The predicted molar refractivity (Wildman–Crippen MR) is 148 cm³/mol. The van der Waals surface area contributed by atoms with Crippen molar-refractivity contribution in [1.82, 2.24) is 14.5 Å². The molecule has 0 spiro atoms. The number of hydrogen-bond acceptors (Lipinski definition) is 6. The third kappa shape index (κ3) is 5.51. The number of halogens is 1. The maximum Gasteiger partial charge on any atom is 0.323 e. The fraction of sp³-hybridized carbons (Fsp3) is 0.0714. The van der Waals surface area contributed by atoms with Crippen molar-refractivity contribution in [2.75, 3.05) is 23.1 Å². The molecule has 38 heavy (non-hydrogen) atoms. The summed E-state index contributed by atoms with van der Waals surface area (Å²) in [4.78, 5) is 21.2. The summed E-state index contributed by atoms with van der Waals surface area (Å²) in [5.41, 5.74) is 4.24. The van der Waals surface area contributed by atoms with Gasteiger partial charge in [-0.3, -0.25) is 0 Å². The van der Waals surface area contributed by atoms with E-state index >= 15 is 0 Å². The van der Waals surface area contributed by atoms with Gasteiger partial charge in [0.1, 0.15) is 23.3 Å². The average Bonchev–Trinajstić information content (AvgIpc) is 3.33. The van der Waals surface area contributed by atoms with E-state index in [0.717, 1.165) is 22.2 Å². The van der Waals surface area contributed by atoms with Gasteiger partial charge in [0.15, 0.2) is 0 Å². The lowest BCUT2D eigenvalue weighted by molar-refractivity contribution is 0.262. The van der Waals surface area contributed by atoms with E-state index in [1.807, 2.05) is 48.7 Å². The Hall–Kier alpha value is -5.07. The van der Waals surface area contributed by atoms with E-state index < -0.39 is 6.03 Å². The van der Waals surface area contributed by atoms with Gasteiger partial charge in [0.25, 0.3) is 0 Å². The van der Waals surface area contributed by atoms with Crippen molar-refractivity contribution in [3.63, 3.8) is 0 Å². The SMILES string of the molecule is COc1ccc(Cl)cc1NC(=O)Nc1cccc2c1ccn2Cc1ccnc(Nc2ccc(C#N)nc2)c1. The Labute approximate surface area is 223 Å². The molecule has 10 heteroatoms. The Morgan fingerprint density at radius 3 is 2.71 bits per heavy atom. The van der Waals surface area contributed by atoms with Crippen molar-refractivity contribution in [3.05, 3.63) is 102 Å². The van der Waals surface area contributed by atoms with Crippen molar-refractivity contribution >= 4 is 51.4 Å². The first-order valence-electron chi connectivity index (χ1n) is 11.6. The summed E-state index contributed by atoms with van der Waals surface area (Å²) in [6.07, 6.45) is 5.31. The summed E-state index contributed by atoms with van der Waals surface area (Å²) in [7, 11) is 1.53. The molecule has 9 nitrogen and oxygen atoms in total. The van der Waals surface area contributed by atoms with Gasteiger partial charge in [0, 0.05) is 29.3 Å². The predicted octanol–water partition coefficient (Wildman–Crippen LogP) is 6.40. The molecule has 5 aromatic rings. The Morgan fingerprint density at radius 2 is 1.92 bits per heavy atom. The van der Waals surface area contributed by atoms with Gasteiger partial charge in [-0.15, -0.1) is 0 Å². The molecule has 0 aliphatic rings. The number of rotatable bonds is 7. The summed E-state index contributed by atoms with van der Waals surface area (Å²) in [6.45, 7) is 0.599. The molecule has 2 aromatic carbocycles. The molecule has 3 aromatic heterocycles. The maximum absolute atomic E-state index is 12.8. The van der Waals surface area contributed by atoms with Crippen LogP contribution in [0, 0.1) is 11.3 Å². The van der Waals surface area contributed by atoms with Crippen molar-refractivity contribution in [2.24, 2.45) is 0 Å².